The van der Waals surface area contributed by atoms with Gasteiger partial charge in [-0.15, -0.1) is 0 Å². The molecule has 2 nitrogen and oxygen atoms in total. The number of phenols is 1. The zero-order valence-electron chi connectivity index (χ0n) is 13.5. The Morgan fingerprint density at radius 1 is 0.864 bits per heavy atom. The van der Waals surface area contributed by atoms with Gasteiger partial charge in [0.15, 0.2) is 0 Å². The molecular formula is C19H29O2P. The number of para-hydroxylation sites is 1. The third-order valence-corrected chi connectivity index (χ3v) is 10.1. The maximum atomic E-state index is 14.1. The van der Waals surface area contributed by atoms with Gasteiger partial charge < -0.3 is 9.67 Å². The fourth-order valence-electron chi connectivity index (χ4n) is 4.50. The molecule has 0 unspecified atom stereocenters. The van der Waals surface area contributed by atoms with Crippen molar-refractivity contribution < 1.29 is 9.67 Å². The molecule has 2 fully saturated rings. The van der Waals surface area contributed by atoms with E-state index in [9.17, 15) is 9.67 Å². The number of aromatic hydroxyl groups is 1. The zero-order chi connectivity index (χ0) is 15.4. The largest absolute Gasteiger partial charge is 0.508 e. The summed E-state index contributed by atoms with van der Waals surface area (Å²) in [7, 11) is -2.28. The van der Waals surface area contributed by atoms with Crippen molar-refractivity contribution in [3.8, 4) is 5.75 Å². The van der Waals surface area contributed by atoms with Gasteiger partial charge in [-0.05, 0) is 31.7 Å². The molecule has 0 amide bonds. The minimum absolute atomic E-state index is 0.328. The van der Waals surface area contributed by atoms with Gasteiger partial charge in [0.25, 0.3) is 0 Å². The van der Waals surface area contributed by atoms with E-state index < -0.39 is 7.14 Å². The van der Waals surface area contributed by atoms with Gasteiger partial charge in [-0.25, -0.2) is 0 Å². The first-order chi connectivity index (χ1) is 10.7. The van der Waals surface area contributed by atoms with Gasteiger partial charge in [-0.2, -0.15) is 0 Å². The van der Waals surface area contributed by atoms with E-state index in [0.717, 1.165) is 31.2 Å². The van der Waals surface area contributed by atoms with Crippen molar-refractivity contribution in [2.75, 3.05) is 0 Å². The number of phenolic OH excluding ortho intramolecular Hbond substituents is 1. The summed E-state index contributed by atoms with van der Waals surface area (Å²) in [6.45, 7) is 0. The summed E-state index contributed by atoms with van der Waals surface area (Å²) in [6.07, 6.45) is 12.7. The fourth-order valence-corrected chi connectivity index (χ4v) is 8.89. The minimum atomic E-state index is -2.28. The summed E-state index contributed by atoms with van der Waals surface area (Å²) < 4.78 is 14.1. The van der Waals surface area contributed by atoms with Gasteiger partial charge in [0, 0.05) is 23.0 Å². The minimum Gasteiger partial charge on any atom is -0.508 e. The number of hydrogen-bond donors (Lipinski definition) is 1. The van der Waals surface area contributed by atoms with Crippen molar-refractivity contribution in [3.05, 3.63) is 29.8 Å². The highest BCUT2D eigenvalue weighted by atomic mass is 31.2. The molecule has 2 aliphatic rings. The maximum absolute atomic E-state index is 14.1. The Morgan fingerprint density at radius 3 is 1.86 bits per heavy atom. The molecule has 22 heavy (non-hydrogen) atoms. The van der Waals surface area contributed by atoms with Crippen LogP contribution in [0.5, 0.6) is 5.75 Å². The second-order valence-electron chi connectivity index (χ2n) is 7.22. The number of rotatable bonds is 4. The van der Waals surface area contributed by atoms with Crippen LogP contribution in [0.2, 0.25) is 0 Å². The zero-order valence-corrected chi connectivity index (χ0v) is 14.4. The first kappa shape index (κ1) is 16.1. The molecule has 0 radical (unpaired) electrons. The molecule has 1 aromatic carbocycles. The Kier molecular flexibility index (Phi) is 5.29. The first-order valence-electron chi connectivity index (χ1n) is 9.05. The Morgan fingerprint density at radius 2 is 1.36 bits per heavy atom. The van der Waals surface area contributed by atoms with Gasteiger partial charge in [-0.1, -0.05) is 56.7 Å². The third kappa shape index (κ3) is 3.43. The molecule has 3 rings (SSSR count). The molecule has 0 saturated heterocycles. The Labute approximate surface area is 134 Å². The lowest BCUT2D eigenvalue weighted by Gasteiger charge is -2.38. The lowest BCUT2D eigenvalue weighted by molar-refractivity contribution is 0.443. The SMILES string of the molecule is O=P(Cc1ccccc1O)(C1CCCCC1)C1CCCCC1. The highest BCUT2D eigenvalue weighted by Crippen LogP contribution is 2.65. The predicted molar refractivity (Wildman–Crippen MR) is 93.2 cm³/mol. The predicted octanol–water partition coefficient (Wildman–Crippen LogP) is 5.92. The van der Waals surface area contributed by atoms with E-state index in [4.69, 9.17) is 0 Å². The Hall–Kier alpha value is -0.750. The van der Waals surface area contributed by atoms with Gasteiger partial charge in [-0.3, -0.25) is 0 Å². The summed E-state index contributed by atoms with van der Waals surface area (Å²) in [5.41, 5.74) is 1.72. The van der Waals surface area contributed by atoms with Crippen LogP contribution in [-0.2, 0) is 10.7 Å². The van der Waals surface area contributed by atoms with Crippen molar-refractivity contribution in [3.63, 3.8) is 0 Å². The van der Waals surface area contributed by atoms with Crippen LogP contribution < -0.4 is 0 Å². The monoisotopic (exact) mass is 320 g/mol. The van der Waals surface area contributed by atoms with Gasteiger partial charge in [0.1, 0.15) is 5.75 Å². The van der Waals surface area contributed by atoms with Crippen molar-refractivity contribution in [2.24, 2.45) is 0 Å². The normalized spacial score (nSPS) is 21.8. The Bertz CT molecular complexity index is 506. The van der Waals surface area contributed by atoms with Crippen LogP contribution in [0.15, 0.2) is 24.3 Å². The lowest BCUT2D eigenvalue weighted by atomic mass is 9.99. The van der Waals surface area contributed by atoms with Crippen LogP contribution >= 0.6 is 7.14 Å². The smallest absolute Gasteiger partial charge is 0.119 e. The maximum Gasteiger partial charge on any atom is 0.119 e. The van der Waals surface area contributed by atoms with E-state index in [-0.39, 0.29) is 0 Å². The molecule has 1 aromatic rings. The average molecular weight is 320 g/mol. The van der Waals surface area contributed by atoms with E-state index in [0.29, 0.717) is 23.2 Å². The Balaban J connectivity index is 1.87. The summed E-state index contributed by atoms with van der Waals surface area (Å²) in [5, 5.41) is 10.1. The number of hydrogen-bond acceptors (Lipinski definition) is 2. The van der Waals surface area contributed by atoms with Crippen molar-refractivity contribution in [2.45, 2.75) is 81.7 Å². The van der Waals surface area contributed by atoms with Gasteiger partial charge in [0.2, 0.25) is 0 Å². The van der Waals surface area contributed by atoms with Crippen LogP contribution in [0.3, 0.4) is 0 Å². The second kappa shape index (κ2) is 7.21. The van der Waals surface area contributed by atoms with E-state index in [2.05, 4.69) is 0 Å². The van der Waals surface area contributed by atoms with Crippen molar-refractivity contribution >= 4 is 7.14 Å². The van der Waals surface area contributed by atoms with Gasteiger partial charge in [0.05, 0.1) is 7.14 Å². The molecule has 2 saturated carbocycles. The van der Waals surface area contributed by atoms with Crippen LogP contribution in [0.4, 0.5) is 0 Å². The van der Waals surface area contributed by atoms with Crippen LogP contribution in [0.1, 0.15) is 69.8 Å². The van der Waals surface area contributed by atoms with E-state index in [1.54, 1.807) is 6.07 Å². The molecule has 1 N–H and O–H groups in total. The molecule has 0 aliphatic heterocycles. The van der Waals surface area contributed by atoms with E-state index in [1.807, 2.05) is 18.2 Å². The quantitative estimate of drug-likeness (QED) is 0.699. The standard InChI is InChI=1S/C19H29O2P/c20-19-14-8-7-9-16(19)15-22(21,17-10-3-1-4-11-17)18-12-5-2-6-13-18/h7-9,14,17-18,20H,1-6,10-13,15H2. The summed E-state index contributed by atoms with van der Waals surface area (Å²) >= 11 is 0. The van der Waals surface area contributed by atoms with Crippen molar-refractivity contribution in [1.29, 1.82) is 0 Å². The third-order valence-electron chi connectivity index (χ3n) is 5.79. The molecule has 0 heterocycles. The van der Waals surface area contributed by atoms with E-state index in [1.165, 1.54) is 38.5 Å². The molecule has 0 atom stereocenters. The highest BCUT2D eigenvalue weighted by molar-refractivity contribution is 7.64. The molecule has 122 valence electrons. The molecule has 0 bridgehead atoms. The van der Waals surface area contributed by atoms with Crippen LogP contribution in [0.25, 0.3) is 0 Å². The van der Waals surface area contributed by atoms with Crippen molar-refractivity contribution in [1.82, 2.24) is 0 Å². The molecule has 0 aromatic heterocycles. The number of benzene rings is 1. The molecular weight excluding hydrogens is 291 g/mol. The topological polar surface area (TPSA) is 37.3 Å². The van der Waals surface area contributed by atoms with Crippen LogP contribution in [0, 0.1) is 0 Å². The summed E-state index contributed by atoms with van der Waals surface area (Å²) in [6, 6.07) is 7.52. The van der Waals surface area contributed by atoms with E-state index >= 15 is 0 Å². The molecule has 2 aliphatic carbocycles. The van der Waals surface area contributed by atoms with Gasteiger partial charge >= 0.3 is 0 Å². The highest BCUT2D eigenvalue weighted by Gasteiger charge is 2.41. The fraction of sp³-hybridized carbons (Fsp3) is 0.684. The second-order valence-corrected chi connectivity index (χ2v) is 10.7. The molecule has 0 spiro atoms. The summed E-state index contributed by atoms with van der Waals surface area (Å²) in [4.78, 5) is 0. The van der Waals surface area contributed by atoms with Crippen LogP contribution in [-0.4, -0.2) is 16.4 Å². The lowest BCUT2D eigenvalue weighted by Crippen LogP contribution is -2.24. The molecule has 3 heteroatoms. The average Bonchev–Trinajstić information content (AvgIpc) is 2.58. The first-order valence-corrected chi connectivity index (χ1v) is 11.1. The summed E-state index contributed by atoms with van der Waals surface area (Å²) in [5.74, 6) is 0.328.